The van der Waals surface area contributed by atoms with Crippen LogP contribution in [0.25, 0.3) is 0 Å². The van der Waals surface area contributed by atoms with Crippen LogP contribution in [0.3, 0.4) is 0 Å². The summed E-state index contributed by atoms with van der Waals surface area (Å²) < 4.78 is 36.7. The zero-order chi connectivity index (χ0) is 23.4. The number of esters is 1. The first-order valence-electron chi connectivity index (χ1n) is 10.4. The van der Waals surface area contributed by atoms with Gasteiger partial charge in [-0.25, -0.2) is 9.59 Å². The van der Waals surface area contributed by atoms with E-state index in [-0.39, 0.29) is 6.61 Å². The van der Waals surface area contributed by atoms with Crippen LogP contribution in [-0.2, 0) is 38.0 Å². The predicted molar refractivity (Wildman–Crippen MR) is 114 cm³/mol. The van der Waals surface area contributed by atoms with Crippen molar-refractivity contribution in [2.75, 3.05) is 79.2 Å². The Bertz CT molecular complexity index is 492. The Morgan fingerprint density at radius 3 is 1.48 bits per heavy atom. The van der Waals surface area contributed by atoms with Crippen molar-refractivity contribution >= 4 is 12.1 Å². The number of alkyl carbamates (subject to hydrolysis) is 1. The molecule has 31 heavy (non-hydrogen) atoms. The molecule has 0 aromatic heterocycles. The molecule has 10 heteroatoms. The molecular formula is C21H39NO9. The first-order valence-corrected chi connectivity index (χ1v) is 10.4. The first kappa shape index (κ1) is 29.3. The molecule has 0 saturated heterocycles. The Balaban J connectivity index is 3.18. The zero-order valence-corrected chi connectivity index (χ0v) is 19.4. The highest BCUT2D eigenvalue weighted by molar-refractivity contribution is 5.86. The van der Waals surface area contributed by atoms with Gasteiger partial charge in [0.05, 0.1) is 66.1 Å². The van der Waals surface area contributed by atoms with E-state index >= 15 is 0 Å². The number of carbonyl (C=O) groups excluding carboxylic acids is 2. The lowest BCUT2D eigenvalue weighted by Gasteiger charge is -2.19. The molecule has 0 fully saturated rings. The van der Waals surface area contributed by atoms with E-state index in [0.717, 1.165) is 0 Å². The molecule has 0 aromatic rings. The molecule has 182 valence electrons. The van der Waals surface area contributed by atoms with E-state index in [9.17, 15) is 9.59 Å². The predicted octanol–water partition coefficient (Wildman–Crippen LogP) is 1.71. The summed E-state index contributed by atoms with van der Waals surface area (Å²) in [5.74, 6) is -0.416. The second kappa shape index (κ2) is 19.0. The molecule has 0 atom stereocenters. The molecule has 0 aliphatic carbocycles. The molecular weight excluding hydrogens is 410 g/mol. The van der Waals surface area contributed by atoms with E-state index in [1.807, 2.05) is 20.8 Å². The molecule has 0 bridgehead atoms. The van der Waals surface area contributed by atoms with Crippen LogP contribution in [0.4, 0.5) is 4.79 Å². The van der Waals surface area contributed by atoms with Crippen LogP contribution in [0, 0.1) is 0 Å². The number of amides is 1. The van der Waals surface area contributed by atoms with Crippen molar-refractivity contribution in [1.82, 2.24) is 5.32 Å². The smallest absolute Gasteiger partial charge is 0.407 e. The minimum absolute atomic E-state index is 0.197. The lowest BCUT2D eigenvalue weighted by Crippen LogP contribution is -2.34. The van der Waals surface area contributed by atoms with Gasteiger partial charge in [0.15, 0.2) is 0 Å². The lowest BCUT2D eigenvalue weighted by molar-refractivity contribution is -0.140. The van der Waals surface area contributed by atoms with Gasteiger partial charge in [-0.3, -0.25) is 0 Å². The second-order valence-electron chi connectivity index (χ2n) is 7.41. The monoisotopic (exact) mass is 449 g/mol. The van der Waals surface area contributed by atoms with Gasteiger partial charge in [-0.1, -0.05) is 6.58 Å². The van der Waals surface area contributed by atoms with Crippen molar-refractivity contribution in [2.45, 2.75) is 33.3 Å². The van der Waals surface area contributed by atoms with Gasteiger partial charge in [-0.15, -0.1) is 0 Å². The maximum Gasteiger partial charge on any atom is 0.407 e. The van der Waals surface area contributed by atoms with Crippen molar-refractivity contribution in [3.63, 3.8) is 0 Å². The van der Waals surface area contributed by atoms with Crippen LogP contribution >= 0.6 is 0 Å². The van der Waals surface area contributed by atoms with Crippen LogP contribution in [0.1, 0.15) is 27.7 Å². The molecule has 0 radical (unpaired) electrons. The number of nitrogens with one attached hydrogen (secondary N) is 1. The Hall–Kier alpha value is -1.72. The molecule has 0 rings (SSSR count). The Morgan fingerprint density at radius 2 is 1.10 bits per heavy atom. The van der Waals surface area contributed by atoms with Crippen LogP contribution in [0.15, 0.2) is 12.2 Å². The minimum Gasteiger partial charge on any atom is -0.460 e. The maximum atomic E-state index is 11.4. The fraction of sp³-hybridized carbons (Fsp3) is 0.810. The lowest BCUT2D eigenvalue weighted by atomic mass is 10.2. The summed E-state index contributed by atoms with van der Waals surface area (Å²) >= 11 is 0. The SMILES string of the molecule is C=C(C)C(=O)OCCOCCOCCOCCOCCOCCNC(=O)OC(C)(C)C. The van der Waals surface area contributed by atoms with E-state index in [0.29, 0.717) is 78.2 Å². The summed E-state index contributed by atoms with van der Waals surface area (Å²) in [5.41, 5.74) is -0.141. The Morgan fingerprint density at radius 1 is 0.710 bits per heavy atom. The average molecular weight is 450 g/mol. The Labute approximate surface area is 185 Å². The van der Waals surface area contributed by atoms with Gasteiger partial charge >= 0.3 is 12.1 Å². The molecule has 0 unspecified atom stereocenters. The molecule has 0 spiro atoms. The van der Waals surface area contributed by atoms with E-state index < -0.39 is 17.7 Å². The summed E-state index contributed by atoms with van der Waals surface area (Å²) in [5, 5.41) is 2.61. The third-order valence-corrected chi connectivity index (χ3v) is 3.21. The molecule has 0 saturated carbocycles. The fourth-order valence-electron chi connectivity index (χ4n) is 1.84. The molecule has 1 amide bonds. The molecule has 1 N–H and O–H groups in total. The third kappa shape index (κ3) is 22.8. The molecule has 0 aliphatic heterocycles. The first-order chi connectivity index (χ1) is 14.7. The van der Waals surface area contributed by atoms with Gasteiger partial charge in [-0.05, 0) is 27.7 Å². The normalized spacial score (nSPS) is 11.2. The topological polar surface area (TPSA) is 111 Å². The standard InChI is InChI=1S/C21H39NO9/c1-18(2)19(23)30-17-16-29-15-14-28-13-12-27-11-10-26-9-8-25-7-6-22-20(24)31-21(3,4)5/h1,6-17H2,2-5H3,(H,22,24). The number of hydrogen-bond donors (Lipinski definition) is 1. The summed E-state index contributed by atoms with van der Waals surface area (Å²) in [7, 11) is 0. The summed E-state index contributed by atoms with van der Waals surface area (Å²) in [6, 6.07) is 0. The average Bonchev–Trinajstić information content (AvgIpc) is 2.68. The quantitative estimate of drug-likeness (QED) is 0.179. The minimum atomic E-state index is -0.509. The van der Waals surface area contributed by atoms with Gasteiger partial charge in [-0.2, -0.15) is 0 Å². The molecule has 10 nitrogen and oxygen atoms in total. The van der Waals surface area contributed by atoms with E-state index in [2.05, 4.69) is 11.9 Å². The zero-order valence-electron chi connectivity index (χ0n) is 19.4. The number of rotatable bonds is 19. The molecule has 0 aliphatic rings. The van der Waals surface area contributed by atoms with E-state index in [1.54, 1.807) is 6.92 Å². The van der Waals surface area contributed by atoms with Crippen LogP contribution in [0.2, 0.25) is 0 Å². The molecule has 0 heterocycles. The number of hydrogen-bond acceptors (Lipinski definition) is 9. The van der Waals surface area contributed by atoms with E-state index in [1.165, 1.54) is 0 Å². The van der Waals surface area contributed by atoms with Crippen LogP contribution in [0.5, 0.6) is 0 Å². The highest BCUT2D eigenvalue weighted by atomic mass is 16.6. The van der Waals surface area contributed by atoms with Crippen molar-refractivity contribution < 1.29 is 42.7 Å². The van der Waals surface area contributed by atoms with Crippen molar-refractivity contribution in [2.24, 2.45) is 0 Å². The van der Waals surface area contributed by atoms with Crippen LogP contribution in [-0.4, -0.2) is 96.9 Å². The fourth-order valence-corrected chi connectivity index (χ4v) is 1.84. The third-order valence-electron chi connectivity index (χ3n) is 3.21. The van der Waals surface area contributed by atoms with Crippen molar-refractivity contribution in [3.8, 4) is 0 Å². The summed E-state index contributed by atoms with van der Waals surface area (Å²) in [6.45, 7) is 15.4. The summed E-state index contributed by atoms with van der Waals surface area (Å²) in [4.78, 5) is 22.5. The van der Waals surface area contributed by atoms with Gasteiger partial charge < -0.3 is 38.5 Å². The Kier molecular flexibility index (Phi) is 17.9. The van der Waals surface area contributed by atoms with Crippen LogP contribution < -0.4 is 5.32 Å². The maximum absolute atomic E-state index is 11.4. The largest absolute Gasteiger partial charge is 0.460 e. The second-order valence-corrected chi connectivity index (χ2v) is 7.41. The highest BCUT2D eigenvalue weighted by Gasteiger charge is 2.15. The van der Waals surface area contributed by atoms with Crippen molar-refractivity contribution in [3.05, 3.63) is 12.2 Å². The highest BCUT2D eigenvalue weighted by Crippen LogP contribution is 2.06. The van der Waals surface area contributed by atoms with Gasteiger partial charge in [0, 0.05) is 12.1 Å². The van der Waals surface area contributed by atoms with Gasteiger partial charge in [0.25, 0.3) is 0 Å². The van der Waals surface area contributed by atoms with Gasteiger partial charge in [0.2, 0.25) is 0 Å². The van der Waals surface area contributed by atoms with Gasteiger partial charge in [0.1, 0.15) is 12.2 Å². The number of ether oxygens (including phenoxy) is 7. The van der Waals surface area contributed by atoms with Crippen molar-refractivity contribution in [1.29, 1.82) is 0 Å². The van der Waals surface area contributed by atoms with E-state index in [4.69, 9.17) is 33.2 Å². The number of carbonyl (C=O) groups is 2. The molecule has 0 aromatic carbocycles. The summed E-state index contributed by atoms with van der Waals surface area (Å²) in [6.07, 6.45) is -0.456.